The zero-order valence-corrected chi connectivity index (χ0v) is 28.2. The molecule has 0 aromatic heterocycles. The highest BCUT2D eigenvalue weighted by atomic mass is 32.2. The molecule has 3 saturated heterocycles. The maximum absolute atomic E-state index is 11.0. The van der Waals surface area contributed by atoms with E-state index in [1.807, 2.05) is 13.8 Å². The van der Waals surface area contributed by atoms with Crippen LogP contribution in [0.5, 0.6) is 0 Å². The van der Waals surface area contributed by atoms with Crippen LogP contribution >= 0.6 is 0 Å². The van der Waals surface area contributed by atoms with Crippen LogP contribution in [-0.4, -0.2) is 137 Å². The summed E-state index contributed by atoms with van der Waals surface area (Å²) in [7, 11) is -6.15. The van der Waals surface area contributed by atoms with Crippen LogP contribution < -0.4 is 0 Å². The molecule has 3 heterocycles. The molecule has 15 heteroatoms. The predicted octanol–water partition coefficient (Wildman–Crippen LogP) is 1.69. The second-order valence-electron chi connectivity index (χ2n) is 10.2. The number of hydrogen-bond donors (Lipinski definition) is 0. The van der Waals surface area contributed by atoms with E-state index in [9.17, 15) is 25.3 Å². The zero-order chi connectivity index (χ0) is 30.8. The highest BCUT2D eigenvalue weighted by molar-refractivity contribution is 7.87. The number of nitrogens with zero attached hydrogens (tertiary/aromatic N) is 3. The fraction of sp³-hybridized carbons (Fsp3) is 1.00. The molecule has 0 N–H and O–H groups in total. The molecule has 0 spiro atoms. The van der Waals surface area contributed by atoms with Gasteiger partial charge in [-0.15, -0.1) is 0 Å². The summed E-state index contributed by atoms with van der Waals surface area (Å²) in [5.74, 6) is 1.75. The van der Waals surface area contributed by atoms with E-state index in [4.69, 9.17) is 0 Å². The Morgan fingerprint density at radius 1 is 0.550 bits per heavy atom. The van der Waals surface area contributed by atoms with Gasteiger partial charge >= 0.3 is 0 Å². The van der Waals surface area contributed by atoms with Crippen molar-refractivity contribution in [3.05, 3.63) is 0 Å². The highest BCUT2D eigenvalue weighted by Crippen LogP contribution is 2.15. The van der Waals surface area contributed by atoms with Crippen LogP contribution in [0.15, 0.2) is 0 Å². The summed E-state index contributed by atoms with van der Waals surface area (Å²) in [6.45, 7) is 16.2. The van der Waals surface area contributed by atoms with Gasteiger partial charge in [0.1, 0.15) is 0 Å². The van der Waals surface area contributed by atoms with Crippen molar-refractivity contribution in [2.75, 3.05) is 97.5 Å². The van der Waals surface area contributed by atoms with Crippen molar-refractivity contribution in [1.82, 2.24) is 14.7 Å². The normalized spacial score (nSPS) is 21.2. The molecular weight excluding hydrogens is 582 g/mol. The standard InChI is InChI=1S/2C8H17NO3S.C7H15NO3S.C2H6/c1-8-3-4-9(7-8)5-6-13(10,11)12-2;1-12-13(10,11)8-7-9-5-3-2-4-6-9;1-7-5-8(6-7)3-4-12(9,10)11-2;1-2/h8H,3-7H2,1-2H3;2-8H2,1H3;7H,3-6H2,1-2H3;1-2H3. The molecular formula is C25H55N3O9S3. The summed E-state index contributed by atoms with van der Waals surface area (Å²) in [4.78, 5) is 6.46. The Morgan fingerprint density at radius 2 is 0.925 bits per heavy atom. The summed E-state index contributed by atoms with van der Waals surface area (Å²) in [6.07, 6.45) is 4.82. The molecule has 1 atom stereocenters. The van der Waals surface area contributed by atoms with Crippen molar-refractivity contribution in [3.8, 4) is 0 Å². The third kappa shape index (κ3) is 18.9. The van der Waals surface area contributed by atoms with Crippen LogP contribution in [0.4, 0.5) is 0 Å². The first-order valence-corrected chi connectivity index (χ1v) is 19.0. The van der Waals surface area contributed by atoms with Gasteiger partial charge in [0.05, 0.1) is 38.6 Å². The first kappa shape index (κ1) is 39.6. The first-order chi connectivity index (χ1) is 18.7. The summed E-state index contributed by atoms with van der Waals surface area (Å²) >= 11 is 0. The van der Waals surface area contributed by atoms with Gasteiger partial charge in [0.15, 0.2) is 0 Å². The second-order valence-corrected chi connectivity index (χ2v) is 15.8. The van der Waals surface area contributed by atoms with Crippen molar-refractivity contribution in [3.63, 3.8) is 0 Å². The fourth-order valence-electron chi connectivity index (χ4n) is 4.40. The summed E-state index contributed by atoms with van der Waals surface area (Å²) in [5.41, 5.74) is 0. The minimum Gasteiger partial charge on any atom is -0.302 e. The maximum Gasteiger partial charge on any atom is 0.268 e. The minimum atomic E-state index is -3.27. The van der Waals surface area contributed by atoms with Gasteiger partial charge in [-0.1, -0.05) is 34.1 Å². The van der Waals surface area contributed by atoms with Gasteiger partial charge in [-0.05, 0) is 50.7 Å². The lowest BCUT2D eigenvalue weighted by Gasteiger charge is -2.36. The molecule has 12 nitrogen and oxygen atoms in total. The Labute approximate surface area is 245 Å². The molecule has 0 saturated carbocycles. The van der Waals surface area contributed by atoms with Crippen LogP contribution in [0, 0.1) is 11.8 Å². The molecule has 242 valence electrons. The number of hydrogen-bond acceptors (Lipinski definition) is 12. The lowest BCUT2D eigenvalue weighted by molar-refractivity contribution is 0.121. The van der Waals surface area contributed by atoms with E-state index >= 15 is 0 Å². The average Bonchev–Trinajstić information content (AvgIpc) is 3.36. The molecule has 0 aromatic carbocycles. The molecule has 0 aromatic rings. The van der Waals surface area contributed by atoms with Crippen molar-refractivity contribution in [2.24, 2.45) is 11.8 Å². The van der Waals surface area contributed by atoms with Crippen molar-refractivity contribution in [2.45, 2.75) is 53.4 Å². The molecule has 3 rings (SSSR count). The quantitative estimate of drug-likeness (QED) is 0.288. The lowest BCUT2D eigenvalue weighted by atomic mass is 10.0. The second kappa shape index (κ2) is 20.5. The van der Waals surface area contributed by atoms with Gasteiger partial charge in [0.25, 0.3) is 30.4 Å². The van der Waals surface area contributed by atoms with E-state index in [1.54, 1.807) is 0 Å². The lowest BCUT2D eigenvalue weighted by Crippen LogP contribution is -2.46. The van der Waals surface area contributed by atoms with Crippen LogP contribution in [0.1, 0.15) is 53.4 Å². The van der Waals surface area contributed by atoms with E-state index in [0.717, 1.165) is 45.2 Å². The van der Waals surface area contributed by atoms with E-state index in [0.29, 0.717) is 25.6 Å². The van der Waals surface area contributed by atoms with Gasteiger partial charge < -0.3 is 14.7 Å². The van der Waals surface area contributed by atoms with E-state index in [1.165, 1.54) is 47.0 Å². The molecule has 3 fully saturated rings. The molecule has 0 aliphatic carbocycles. The van der Waals surface area contributed by atoms with Crippen LogP contribution in [0.3, 0.4) is 0 Å². The van der Waals surface area contributed by atoms with E-state index in [-0.39, 0.29) is 17.3 Å². The Kier molecular flexibility index (Phi) is 20.3. The largest absolute Gasteiger partial charge is 0.302 e. The molecule has 0 radical (unpaired) electrons. The molecule has 0 bridgehead atoms. The summed E-state index contributed by atoms with van der Waals surface area (Å²) in [6, 6.07) is 0. The minimum absolute atomic E-state index is 0.107. The highest BCUT2D eigenvalue weighted by Gasteiger charge is 2.24. The topological polar surface area (TPSA) is 140 Å². The first-order valence-electron chi connectivity index (χ1n) is 14.2. The monoisotopic (exact) mass is 637 g/mol. The van der Waals surface area contributed by atoms with Crippen molar-refractivity contribution in [1.29, 1.82) is 0 Å². The Hall–Kier alpha value is -0.390. The van der Waals surface area contributed by atoms with Gasteiger partial charge in [0.2, 0.25) is 0 Å². The molecule has 0 amide bonds. The third-order valence-electron chi connectivity index (χ3n) is 6.83. The third-order valence-corrected chi connectivity index (χ3v) is 10.4. The van der Waals surface area contributed by atoms with Gasteiger partial charge in [-0.2, -0.15) is 25.3 Å². The van der Waals surface area contributed by atoms with Crippen LogP contribution in [-0.2, 0) is 42.9 Å². The SMILES string of the molecule is CC.COS(=O)(=O)CCN1CC(C)C1.COS(=O)(=O)CCN1CCC(C)C1.COS(=O)(=O)CCN1CCCCC1. The Balaban J connectivity index is 0.000000553. The molecule has 3 aliphatic heterocycles. The van der Waals surface area contributed by atoms with Gasteiger partial charge in [-0.25, -0.2) is 0 Å². The van der Waals surface area contributed by atoms with E-state index < -0.39 is 30.4 Å². The Morgan fingerprint density at radius 3 is 1.27 bits per heavy atom. The zero-order valence-electron chi connectivity index (χ0n) is 25.7. The molecule has 40 heavy (non-hydrogen) atoms. The number of rotatable bonds is 12. The molecule has 1 unspecified atom stereocenters. The maximum atomic E-state index is 11.0. The van der Waals surface area contributed by atoms with Crippen LogP contribution in [0.2, 0.25) is 0 Å². The number of piperidine rings is 1. The van der Waals surface area contributed by atoms with Crippen molar-refractivity contribution < 1.29 is 37.8 Å². The summed E-state index contributed by atoms with van der Waals surface area (Å²) < 4.78 is 78.8. The van der Waals surface area contributed by atoms with E-state index in [2.05, 4.69) is 41.1 Å². The fourth-order valence-corrected chi connectivity index (χ4v) is 6.34. The van der Waals surface area contributed by atoms with Gasteiger partial charge in [-0.3, -0.25) is 12.5 Å². The average molecular weight is 638 g/mol. The predicted molar refractivity (Wildman–Crippen MR) is 160 cm³/mol. The van der Waals surface area contributed by atoms with Crippen LogP contribution in [0.25, 0.3) is 0 Å². The number of likely N-dealkylation sites (tertiary alicyclic amines) is 3. The van der Waals surface area contributed by atoms with Crippen molar-refractivity contribution >= 4 is 30.4 Å². The Bertz CT molecular complexity index is 926. The smallest absolute Gasteiger partial charge is 0.268 e. The summed E-state index contributed by atoms with van der Waals surface area (Å²) in [5, 5.41) is 0. The molecule has 3 aliphatic rings. The van der Waals surface area contributed by atoms with Gasteiger partial charge in [0, 0.05) is 39.3 Å².